The summed E-state index contributed by atoms with van der Waals surface area (Å²) < 4.78 is 18.5. The lowest BCUT2D eigenvalue weighted by molar-refractivity contribution is -0.131. The third kappa shape index (κ3) is 3.28. The molecule has 0 bridgehead atoms. The van der Waals surface area contributed by atoms with E-state index >= 15 is 0 Å². The van der Waals surface area contributed by atoms with Crippen molar-refractivity contribution in [2.24, 2.45) is 0 Å². The normalized spacial score (nSPS) is 19.1. The van der Waals surface area contributed by atoms with Crippen molar-refractivity contribution >= 4 is 17.7 Å². The number of Topliss-reactive ketones (excluding diaryl/α,β-unsaturated/α-hetero) is 1. The molecule has 3 amide bonds. The van der Waals surface area contributed by atoms with Gasteiger partial charge in [0.2, 0.25) is 0 Å². The molecular weight excluding hydrogens is 351 g/mol. The molecule has 0 unspecified atom stereocenters. The van der Waals surface area contributed by atoms with Crippen molar-refractivity contribution in [2.75, 3.05) is 13.7 Å². The van der Waals surface area contributed by atoms with E-state index in [2.05, 4.69) is 5.32 Å². The molecule has 1 N–H and O–H groups in total. The highest BCUT2D eigenvalue weighted by Gasteiger charge is 2.51. The molecular formula is C20H19FN2O4. The van der Waals surface area contributed by atoms with Crippen LogP contribution in [-0.4, -0.2) is 36.3 Å². The summed E-state index contributed by atoms with van der Waals surface area (Å²) in [4.78, 5) is 38.8. The summed E-state index contributed by atoms with van der Waals surface area (Å²) in [6, 6.07) is 11.3. The summed E-state index contributed by atoms with van der Waals surface area (Å²) in [5.74, 6) is -0.955. The fraction of sp³-hybridized carbons (Fsp3) is 0.250. The first kappa shape index (κ1) is 18.6. The molecule has 1 aliphatic rings. The first-order chi connectivity index (χ1) is 12.9. The number of halogens is 1. The van der Waals surface area contributed by atoms with Gasteiger partial charge in [0.25, 0.3) is 5.91 Å². The van der Waals surface area contributed by atoms with Crippen LogP contribution in [0.3, 0.4) is 0 Å². The first-order valence-corrected chi connectivity index (χ1v) is 8.48. The number of methoxy groups -OCH3 is 1. The standard InChI is InChI=1S/C20H19FN2O4/c1-3-20(14-7-9-16(27-2)10-8-14)18(25)23(19(26)22-20)12-17(24)13-5-4-6-15(21)11-13/h4-11H,3,12H2,1-2H3,(H,22,26)/t20-/m0/s1. The second-order valence-corrected chi connectivity index (χ2v) is 6.24. The van der Waals surface area contributed by atoms with Crippen molar-refractivity contribution in [2.45, 2.75) is 18.9 Å². The molecule has 1 saturated heterocycles. The SMILES string of the molecule is CC[C@@]1(c2ccc(OC)cc2)NC(=O)N(CC(=O)c2cccc(F)c2)C1=O. The number of carbonyl (C=O) groups excluding carboxylic acids is 3. The number of benzene rings is 2. The number of nitrogens with one attached hydrogen (secondary N) is 1. The van der Waals surface area contributed by atoms with Crippen LogP contribution in [0.1, 0.15) is 29.3 Å². The van der Waals surface area contributed by atoms with Crippen molar-refractivity contribution in [1.82, 2.24) is 10.2 Å². The highest BCUT2D eigenvalue weighted by atomic mass is 19.1. The van der Waals surface area contributed by atoms with Gasteiger partial charge in [-0.3, -0.25) is 14.5 Å². The lowest BCUT2D eigenvalue weighted by atomic mass is 9.87. The number of rotatable bonds is 6. The molecule has 2 aromatic rings. The number of hydrogen-bond donors (Lipinski definition) is 1. The Labute approximate surface area is 155 Å². The maximum Gasteiger partial charge on any atom is 0.325 e. The van der Waals surface area contributed by atoms with Gasteiger partial charge >= 0.3 is 6.03 Å². The van der Waals surface area contributed by atoms with E-state index in [1.807, 2.05) is 0 Å². The number of ether oxygens (including phenoxy) is 1. The lowest BCUT2D eigenvalue weighted by Gasteiger charge is -2.26. The molecule has 1 aliphatic heterocycles. The fourth-order valence-corrected chi connectivity index (χ4v) is 3.18. The van der Waals surface area contributed by atoms with Crippen LogP contribution >= 0.6 is 0 Å². The molecule has 0 aliphatic carbocycles. The Balaban J connectivity index is 1.87. The molecule has 7 heteroatoms. The minimum Gasteiger partial charge on any atom is -0.497 e. The van der Waals surface area contributed by atoms with Crippen LogP contribution in [0.2, 0.25) is 0 Å². The number of ketones is 1. The van der Waals surface area contributed by atoms with E-state index in [9.17, 15) is 18.8 Å². The number of amides is 3. The molecule has 0 spiro atoms. The maximum atomic E-state index is 13.3. The summed E-state index contributed by atoms with van der Waals surface area (Å²) in [7, 11) is 1.53. The van der Waals surface area contributed by atoms with Gasteiger partial charge in [-0.25, -0.2) is 9.18 Å². The number of imide groups is 1. The van der Waals surface area contributed by atoms with Crippen LogP contribution in [0.5, 0.6) is 5.75 Å². The quantitative estimate of drug-likeness (QED) is 0.627. The monoisotopic (exact) mass is 370 g/mol. The van der Waals surface area contributed by atoms with Crippen molar-refractivity contribution in [3.8, 4) is 5.75 Å². The van der Waals surface area contributed by atoms with E-state index in [1.54, 1.807) is 31.2 Å². The summed E-state index contributed by atoms with van der Waals surface area (Å²) in [6.45, 7) is 1.33. The second-order valence-electron chi connectivity index (χ2n) is 6.24. The summed E-state index contributed by atoms with van der Waals surface area (Å²) >= 11 is 0. The number of carbonyl (C=O) groups is 3. The van der Waals surface area contributed by atoms with E-state index in [4.69, 9.17) is 4.74 Å². The molecule has 1 fully saturated rings. The third-order valence-corrected chi connectivity index (χ3v) is 4.74. The second kappa shape index (κ2) is 7.19. The average molecular weight is 370 g/mol. The molecule has 0 aromatic heterocycles. The molecule has 6 nitrogen and oxygen atoms in total. The van der Waals surface area contributed by atoms with Gasteiger partial charge in [0.1, 0.15) is 17.1 Å². The molecule has 1 heterocycles. The fourth-order valence-electron chi connectivity index (χ4n) is 3.18. The smallest absolute Gasteiger partial charge is 0.325 e. The van der Waals surface area contributed by atoms with Crippen LogP contribution in [-0.2, 0) is 10.3 Å². The van der Waals surface area contributed by atoms with Gasteiger partial charge in [-0.05, 0) is 36.2 Å². The minimum atomic E-state index is -1.24. The maximum absolute atomic E-state index is 13.3. The van der Waals surface area contributed by atoms with Crippen molar-refractivity contribution in [3.05, 3.63) is 65.5 Å². The van der Waals surface area contributed by atoms with E-state index in [0.29, 0.717) is 17.7 Å². The van der Waals surface area contributed by atoms with Crippen LogP contribution in [0, 0.1) is 5.82 Å². The molecule has 140 valence electrons. The topological polar surface area (TPSA) is 75.7 Å². The zero-order valence-corrected chi connectivity index (χ0v) is 15.0. The molecule has 27 heavy (non-hydrogen) atoms. The van der Waals surface area contributed by atoms with Crippen LogP contribution in [0.15, 0.2) is 48.5 Å². The zero-order chi connectivity index (χ0) is 19.6. The van der Waals surface area contributed by atoms with E-state index in [-0.39, 0.29) is 5.56 Å². The Kier molecular flexibility index (Phi) is 4.94. The van der Waals surface area contributed by atoms with Crippen molar-refractivity contribution in [3.63, 3.8) is 0 Å². The van der Waals surface area contributed by atoms with E-state index in [0.717, 1.165) is 11.0 Å². The molecule has 1 atom stereocenters. The Bertz CT molecular complexity index is 897. The third-order valence-electron chi connectivity index (χ3n) is 4.74. The Morgan fingerprint density at radius 2 is 1.89 bits per heavy atom. The van der Waals surface area contributed by atoms with E-state index in [1.165, 1.54) is 25.3 Å². The predicted octanol–water partition coefficient (Wildman–Crippen LogP) is 2.87. The Morgan fingerprint density at radius 1 is 1.19 bits per heavy atom. The first-order valence-electron chi connectivity index (χ1n) is 8.48. The Hall–Kier alpha value is -3.22. The molecule has 2 aromatic carbocycles. The average Bonchev–Trinajstić information content (AvgIpc) is 2.93. The molecule has 0 radical (unpaired) electrons. The van der Waals surface area contributed by atoms with Gasteiger partial charge in [-0.2, -0.15) is 0 Å². The van der Waals surface area contributed by atoms with Gasteiger partial charge in [-0.15, -0.1) is 0 Å². The van der Waals surface area contributed by atoms with Gasteiger partial charge in [0, 0.05) is 5.56 Å². The molecule has 0 saturated carbocycles. The Morgan fingerprint density at radius 3 is 2.48 bits per heavy atom. The van der Waals surface area contributed by atoms with Crippen LogP contribution in [0.25, 0.3) is 0 Å². The lowest BCUT2D eigenvalue weighted by Crippen LogP contribution is -2.43. The molecule has 3 rings (SSSR count). The van der Waals surface area contributed by atoms with Gasteiger partial charge in [0.05, 0.1) is 13.7 Å². The zero-order valence-electron chi connectivity index (χ0n) is 15.0. The summed E-state index contributed by atoms with van der Waals surface area (Å²) in [6.07, 6.45) is 0.314. The highest BCUT2D eigenvalue weighted by Crippen LogP contribution is 2.33. The predicted molar refractivity (Wildman–Crippen MR) is 95.9 cm³/mol. The van der Waals surface area contributed by atoms with Crippen LogP contribution < -0.4 is 10.1 Å². The van der Waals surface area contributed by atoms with E-state index < -0.39 is 35.6 Å². The highest BCUT2D eigenvalue weighted by molar-refractivity contribution is 6.11. The minimum absolute atomic E-state index is 0.106. The van der Waals surface area contributed by atoms with Crippen LogP contribution in [0.4, 0.5) is 9.18 Å². The largest absolute Gasteiger partial charge is 0.497 e. The van der Waals surface area contributed by atoms with Crippen molar-refractivity contribution < 1.29 is 23.5 Å². The number of urea groups is 1. The van der Waals surface area contributed by atoms with Gasteiger partial charge in [-0.1, -0.05) is 31.2 Å². The number of nitrogens with zero attached hydrogens (tertiary/aromatic N) is 1. The van der Waals surface area contributed by atoms with Crippen molar-refractivity contribution in [1.29, 1.82) is 0 Å². The van der Waals surface area contributed by atoms with Gasteiger partial charge in [0.15, 0.2) is 5.78 Å². The summed E-state index contributed by atoms with van der Waals surface area (Å²) in [5.41, 5.74) is -0.537. The summed E-state index contributed by atoms with van der Waals surface area (Å²) in [5, 5.41) is 2.71. The number of hydrogen-bond acceptors (Lipinski definition) is 4. The van der Waals surface area contributed by atoms with Gasteiger partial charge < -0.3 is 10.1 Å².